The van der Waals surface area contributed by atoms with E-state index in [-0.39, 0.29) is 0 Å². The van der Waals surface area contributed by atoms with Crippen LogP contribution in [0.1, 0.15) is 44.5 Å². The Bertz CT molecular complexity index is 3630. The van der Waals surface area contributed by atoms with Gasteiger partial charge in [-0.05, 0) is 166 Å². The molecule has 0 aliphatic heterocycles. The SMILES string of the molecule is Cc1ccc(N(c2ccc(C)cc2)c2ccc3c4c(c5ccccc5c3c2)-c2c(cc(N(c3ccc(C)cc3)c3ccc(C)cc3)c3ccccc23)C42c3ccccc3-c3ccccc32)cc1. The Balaban J connectivity index is 1.18. The second kappa shape index (κ2) is 14.9. The molecule has 0 radical (unpaired) electrons. The fourth-order valence-electron chi connectivity index (χ4n) is 11.7. The minimum absolute atomic E-state index is 0.625. The number of fused-ring (bicyclic) bond motifs is 17. The fraction of sp³-hybridized carbons (Fsp3) is 0.0769. The molecule has 0 heterocycles. The van der Waals surface area contributed by atoms with E-state index in [0.29, 0.717) is 0 Å². The summed E-state index contributed by atoms with van der Waals surface area (Å²) >= 11 is 0. The quantitative estimate of drug-likeness (QED) is 0.154. The van der Waals surface area contributed by atoms with Crippen LogP contribution in [0.15, 0.2) is 218 Å². The highest BCUT2D eigenvalue weighted by atomic mass is 15.1. The summed E-state index contributed by atoms with van der Waals surface area (Å²) in [4.78, 5) is 4.90. The second-order valence-electron chi connectivity index (χ2n) is 18.7. The molecule has 0 aromatic heterocycles. The van der Waals surface area contributed by atoms with Gasteiger partial charge < -0.3 is 9.80 Å². The van der Waals surface area contributed by atoms with Gasteiger partial charge in [-0.15, -0.1) is 0 Å². The van der Waals surface area contributed by atoms with Crippen molar-refractivity contribution in [2.24, 2.45) is 0 Å². The van der Waals surface area contributed by atoms with Crippen LogP contribution < -0.4 is 9.80 Å². The van der Waals surface area contributed by atoms with E-state index in [0.717, 1.165) is 28.4 Å². The summed E-state index contributed by atoms with van der Waals surface area (Å²) in [5.74, 6) is 0. The molecule has 13 rings (SSSR count). The zero-order valence-electron chi connectivity index (χ0n) is 38.2. The Hall–Kier alpha value is -8.20. The van der Waals surface area contributed by atoms with E-state index in [1.165, 1.54) is 105 Å². The first-order valence-corrected chi connectivity index (χ1v) is 23.5. The van der Waals surface area contributed by atoms with Crippen molar-refractivity contribution in [2.75, 3.05) is 9.80 Å². The van der Waals surface area contributed by atoms with Crippen molar-refractivity contribution < 1.29 is 0 Å². The average Bonchev–Trinajstić information content (AvgIpc) is 3.84. The summed E-state index contributed by atoms with van der Waals surface area (Å²) in [5.41, 5.74) is 21.7. The third-order valence-corrected chi connectivity index (χ3v) is 14.7. The highest BCUT2D eigenvalue weighted by Crippen LogP contribution is 2.67. The first kappa shape index (κ1) is 39.2. The third-order valence-electron chi connectivity index (χ3n) is 14.7. The molecule has 11 aromatic rings. The van der Waals surface area contributed by atoms with E-state index in [9.17, 15) is 0 Å². The zero-order chi connectivity index (χ0) is 45.0. The molecule has 11 aromatic carbocycles. The van der Waals surface area contributed by atoms with Crippen LogP contribution in [0.3, 0.4) is 0 Å². The van der Waals surface area contributed by atoms with Gasteiger partial charge in [-0.3, -0.25) is 0 Å². The minimum atomic E-state index is -0.625. The first-order chi connectivity index (χ1) is 32.9. The maximum atomic E-state index is 2.57. The lowest BCUT2D eigenvalue weighted by atomic mass is 9.69. The molecular formula is C65H48N2. The van der Waals surface area contributed by atoms with Gasteiger partial charge in [0.15, 0.2) is 0 Å². The highest BCUT2D eigenvalue weighted by molar-refractivity contribution is 6.24. The van der Waals surface area contributed by atoms with Crippen molar-refractivity contribution in [3.63, 3.8) is 0 Å². The van der Waals surface area contributed by atoms with Crippen LogP contribution in [0.4, 0.5) is 34.1 Å². The zero-order valence-corrected chi connectivity index (χ0v) is 38.2. The molecule has 0 N–H and O–H groups in total. The topological polar surface area (TPSA) is 6.48 Å². The molecule has 0 amide bonds. The monoisotopic (exact) mass is 856 g/mol. The Morgan fingerprint density at radius 3 is 1.19 bits per heavy atom. The van der Waals surface area contributed by atoms with Gasteiger partial charge in [-0.1, -0.05) is 174 Å². The van der Waals surface area contributed by atoms with Crippen LogP contribution in [-0.4, -0.2) is 0 Å². The molecule has 67 heavy (non-hydrogen) atoms. The first-order valence-electron chi connectivity index (χ1n) is 23.5. The van der Waals surface area contributed by atoms with Gasteiger partial charge >= 0.3 is 0 Å². The normalized spacial score (nSPS) is 12.9. The van der Waals surface area contributed by atoms with Gasteiger partial charge in [-0.2, -0.15) is 0 Å². The molecular weight excluding hydrogens is 809 g/mol. The molecule has 0 unspecified atom stereocenters. The van der Waals surface area contributed by atoms with E-state index >= 15 is 0 Å². The van der Waals surface area contributed by atoms with Crippen LogP contribution in [0.2, 0.25) is 0 Å². The molecule has 0 bridgehead atoms. The standard InChI is InChI=1S/C65H48N2/c1-41-21-29-45(30-22-41)66(46-31-23-42(2)24-32-46)49-37-38-56-57(39-49)50-13-5-7-17-54(50)63-62-55-18-8-6-16-53(55)61(67(47-33-25-43(3)26-34-47)48-35-27-44(4)28-36-48)40-60(62)65(64(56)63)58-19-11-9-14-51(58)52-15-10-12-20-59(52)65/h5-40H,1-4H3. The summed E-state index contributed by atoms with van der Waals surface area (Å²) in [7, 11) is 0. The maximum Gasteiger partial charge on any atom is 0.0732 e. The van der Waals surface area contributed by atoms with Crippen LogP contribution in [0.25, 0.3) is 54.6 Å². The maximum absolute atomic E-state index is 2.57. The van der Waals surface area contributed by atoms with E-state index in [1.807, 2.05) is 0 Å². The van der Waals surface area contributed by atoms with Crippen molar-refractivity contribution in [3.8, 4) is 22.3 Å². The third kappa shape index (κ3) is 5.76. The summed E-state index contributed by atoms with van der Waals surface area (Å²) in [6.45, 7) is 8.65. The van der Waals surface area contributed by atoms with Crippen molar-refractivity contribution >= 4 is 66.4 Å². The number of anilines is 6. The number of rotatable bonds is 6. The molecule has 2 nitrogen and oxygen atoms in total. The summed E-state index contributed by atoms with van der Waals surface area (Å²) in [6.07, 6.45) is 0. The molecule has 2 heteroatoms. The number of hydrogen-bond donors (Lipinski definition) is 0. The number of benzene rings is 11. The Kier molecular flexibility index (Phi) is 8.73. The van der Waals surface area contributed by atoms with Gasteiger partial charge in [-0.25, -0.2) is 0 Å². The average molecular weight is 857 g/mol. The molecule has 0 atom stereocenters. The van der Waals surface area contributed by atoms with Gasteiger partial charge in [0.25, 0.3) is 0 Å². The van der Waals surface area contributed by atoms with E-state index in [1.54, 1.807) is 0 Å². The highest BCUT2D eigenvalue weighted by Gasteiger charge is 2.54. The van der Waals surface area contributed by atoms with Crippen molar-refractivity contribution in [1.29, 1.82) is 0 Å². The molecule has 1 spiro atoms. The molecule has 2 aliphatic carbocycles. The van der Waals surface area contributed by atoms with E-state index < -0.39 is 5.41 Å². The van der Waals surface area contributed by atoms with Crippen LogP contribution in [-0.2, 0) is 5.41 Å². The minimum Gasteiger partial charge on any atom is -0.310 e. The lowest BCUT2D eigenvalue weighted by Gasteiger charge is -2.34. The lowest BCUT2D eigenvalue weighted by molar-refractivity contribution is 0.802. The van der Waals surface area contributed by atoms with Crippen molar-refractivity contribution in [1.82, 2.24) is 0 Å². The van der Waals surface area contributed by atoms with Crippen molar-refractivity contribution in [3.05, 3.63) is 263 Å². The van der Waals surface area contributed by atoms with Gasteiger partial charge in [0.2, 0.25) is 0 Å². The Morgan fingerprint density at radius 1 is 0.284 bits per heavy atom. The number of nitrogens with zero attached hydrogens (tertiary/aromatic N) is 2. The van der Waals surface area contributed by atoms with Gasteiger partial charge in [0.05, 0.1) is 11.1 Å². The molecule has 0 fully saturated rings. The van der Waals surface area contributed by atoms with E-state index in [4.69, 9.17) is 0 Å². The predicted octanol–water partition coefficient (Wildman–Crippen LogP) is 17.7. The predicted molar refractivity (Wildman–Crippen MR) is 284 cm³/mol. The lowest BCUT2D eigenvalue weighted by Crippen LogP contribution is -2.26. The van der Waals surface area contributed by atoms with Gasteiger partial charge in [0.1, 0.15) is 0 Å². The van der Waals surface area contributed by atoms with E-state index in [2.05, 4.69) is 256 Å². The molecule has 0 saturated heterocycles. The van der Waals surface area contributed by atoms with Crippen molar-refractivity contribution in [2.45, 2.75) is 33.1 Å². The summed E-state index contributed by atoms with van der Waals surface area (Å²) in [5, 5.41) is 7.51. The van der Waals surface area contributed by atoms with Crippen LogP contribution in [0, 0.1) is 27.7 Å². The fourth-order valence-corrected chi connectivity index (χ4v) is 11.7. The second-order valence-corrected chi connectivity index (χ2v) is 18.7. The summed E-state index contributed by atoms with van der Waals surface area (Å²) in [6, 6.07) is 82.5. The van der Waals surface area contributed by atoms with Crippen LogP contribution in [0.5, 0.6) is 0 Å². The summed E-state index contributed by atoms with van der Waals surface area (Å²) < 4.78 is 0. The largest absolute Gasteiger partial charge is 0.310 e. The van der Waals surface area contributed by atoms with Gasteiger partial charge in [0, 0.05) is 33.8 Å². The molecule has 318 valence electrons. The smallest absolute Gasteiger partial charge is 0.0732 e. The number of hydrogen-bond acceptors (Lipinski definition) is 2. The molecule has 2 aliphatic rings. The molecule has 0 saturated carbocycles. The Labute approximate surface area is 392 Å². The Morgan fingerprint density at radius 2 is 0.687 bits per heavy atom. The number of aryl methyl sites for hydroxylation is 4. The van der Waals surface area contributed by atoms with Crippen LogP contribution >= 0.6 is 0 Å².